The predicted octanol–water partition coefficient (Wildman–Crippen LogP) is 3.62. The average Bonchev–Trinajstić information content (AvgIpc) is 2.35. The van der Waals surface area contributed by atoms with Crippen LogP contribution in [0.25, 0.3) is 0 Å². The summed E-state index contributed by atoms with van der Waals surface area (Å²) in [6.45, 7) is 8.06. The van der Waals surface area contributed by atoms with Gasteiger partial charge in [-0.15, -0.1) is 11.6 Å². The van der Waals surface area contributed by atoms with Crippen molar-refractivity contribution in [3.63, 3.8) is 0 Å². The number of hydrogen-bond acceptors (Lipinski definition) is 2. The molecule has 0 saturated heterocycles. The third-order valence-electron chi connectivity index (χ3n) is 3.73. The van der Waals surface area contributed by atoms with Gasteiger partial charge < -0.3 is 0 Å². The molecule has 0 heterocycles. The van der Waals surface area contributed by atoms with Crippen molar-refractivity contribution in [2.45, 2.75) is 45.4 Å². The largest absolute Gasteiger partial charge is 0.218 e. The van der Waals surface area contributed by atoms with Crippen LogP contribution in [0.15, 0.2) is 24.3 Å². The molecule has 0 bridgehead atoms. The lowest BCUT2D eigenvalue weighted by Gasteiger charge is -2.34. The summed E-state index contributed by atoms with van der Waals surface area (Å²) >= 11 is 5.78. The van der Waals surface area contributed by atoms with E-state index in [9.17, 15) is 8.42 Å². The SMILES string of the molecule is CC(N(C)S(=O)(=O)Cc1cccc(CCl)c1)C(C)(C)C. The fourth-order valence-electron chi connectivity index (χ4n) is 1.90. The van der Waals surface area contributed by atoms with Gasteiger partial charge in [-0.3, -0.25) is 0 Å². The molecule has 1 aromatic carbocycles. The van der Waals surface area contributed by atoms with Gasteiger partial charge in [0.25, 0.3) is 0 Å². The second kappa shape index (κ2) is 6.46. The Labute approximate surface area is 128 Å². The Kier molecular flexibility index (Phi) is 5.64. The molecule has 0 N–H and O–H groups in total. The Hall–Kier alpha value is -0.580. The Morgan fingerprint density at radius 1 is 1.25 bits per heavy atom. The van der Waals surface area contributed by atoms with E-state index in [1.54, 1.807) is 7.05 Å². The Morgan fingerprint density at radius 3 is 2.30 bits per heavy atom. The summed E-state index contributed by atoms with van der Waals surface area (Å²) in [5.74, 6) is 0.400. The first-order valence-electron chi connectivity index (χ1n) is 6.67. The molecule has 0 aliphatic heterocycles. The van der Waals surface area contributed by atoms with Gasteiger partial charge in [0.05, 0.1) is 5.75 Å². The summed E-state index contributed by atoms with van der Waals surface area (Å²) in [5.41, 5.74) is 1.61. The zero-order valence-electron chi connectivity index (χ0n) is 12.9. The van der Waals surface area contributed by atoms with E-state index in [0.29, 0.717) is 5.88 Å². The molecular weight excluding hydrogens is 294 g/mol. The van der Waals surface area contributed by atoms with E-state index in [1.807, 2.05) is 52.0 Å². The Bertz CT molecular complexity index is 549. The first-order valence-corrected chi connectivity index (χ1v) is 8.82. The molecule has 0 fully saturated rings. The number of hydrogen-bond donors (Lipinski definition) is 0. The van der Waals surface area contributed by atoms with Gasteiger partial charge in [0.1, 0.15) is 0 Å². The summed E-state index contributed by atoms with van der Waals surface area (Å²) in [4.78, 5) is 0. The molecule has 1 rings (SSSR count). The lowest BCUT2D eigenvalue weighted by molar-refractivity contribution is 0.216. The maximum Gasteiger partial charge on any atom is 0.218 e. The average molecular weight is 318 g/mol. The van der Waals surface area contributed by atoms with E-state index in [-0.39, 0.29) is 17.2 Å². The van der Waals surface area contributed by atoms with Gasteiger partial charge in [-0.05, 0) is 23.5 Å². The van der Waals surface area contributed by atoms with Gasteiger partial charge in [0.2, 0.25) is 10.0 Å². The summed E-state index contributed by atoms with van der Waals surface area (Å²) in [5, 5.41) is 0. The van der Waals surface area contributed by atoms with E-state index < -0.39 is 10.0 Å². The fourth-order valence-corrected chi connectivity index (χ4v) is 3.67. The number of rotatable bonds is 5. The highest BCUT2D eigenvalue weighted by Crippen LogP contribution is 2.26. The van der Waals surface area contributed by atoms with E-state index in [1.165, 1.54) is 4.31 Å². The highest BCUT2D eigenvalue weighted by molar-refractivity contribution is 7.88. The molecule has 5 heteroatoms. The van der Waals surface area contributed by atoms with Crippen LogP contribution >= 0.6 is 11.6 Å². The highest BCUT2D eigenvalue weighted by Gasteiger charge is 2.31. The minimum Gasteiger partial charge on any atom is -0.212 e. The van der Waals surface area contributed by atoms with E-state index in [2.05, 4.69) is 0 Å². The second-order valence-corrected chi connectivity index (χ2v) is 8.56. The van der Waals surface area contributed by atoms with Crippen LogP contribution in [-0.4, -0.2) is 25.8 Å². The van der Waals surface area contributed by atoms with Crippen molar-refractivity contribution < 1.29 is 8.42 Å². The molecule has 0 radical (unpaired) electrons. The monoisotopic (exact) mass is 317 g/mol. The van der Waals surface area contributed by atoms with Gasteiger partial charge in [-0.1, -0.05) is 45.0 Å². The van der Waals surface area contributed by atoms with Crippen LogP contribution in [0, 0.1) is 5.41 Å². The van der Waals surface area contributed by atoms with Gasteiger partial charge in [-0.2, -0.15) is 0 Å². The maximum atomic E-state index is 12.5. The Balaban J connectivity index is 2.94. The van der Waals surface area contributed by atoms with E-state index in [0.717, 1.165) is 11.1 Å². The topological polar surface area (TPSA) is 37.4 Å². The molecule has 0 aliphatic rings. The predicted molar refractivity (Wildman–Crippen MR) is 85.3 cm³/mol. The molecule has 0 aliphatic carbocycles. The molecule has 114 valence electrons. The van der Waals surface area contributed by atoms with Crippen molar-refractivity contribution in [3.8, 4) is 0 Å². The molecule has 0 aromatic heterocycles. The molecule has 1 aromatic rings. The van der Waals surface area contributed by atoms with Crippen molar-refractivity contribution in [1.29, 1.82) is 0 Å². The molecule has 3 nitrogen and oxygen atoms in total. The van der Waals surface area contributed by atoms with Crippen molar-refractivity contribution in [1.82, 2.24) is 4.31 Å². The number of halogens is 1. The number of alkyl halides is 1. The summed E-state index contributed by atoms with van der Waals surface area (Å²) < 4.78 is 26.4. The number of benzene rings is 1. The van der Waals surface area contributed by atoms with Crippen LogP contribution in [0.5, 0.6) is 0 Å². The Morgan fingerprint density at radius 2 is 1.80 bits per heavy atom. The minimum atomic E-state index is -3.33. The van der Waals surface area contributed by atoms with E-state index >= 15 is 0 Å². The van der Waals surface area contributed by atoms with Gasteiger partial charge in [0, 0.05) is 19.0 Å². The molecule has 1 unspecified atom stereocenters. The normalized spacial score (nSPS) is 14.6. The summed E-state index contributed by atoms with van der Waals surface area (Å²) in [6.07, 6.45) is 0. The van der Waals surface area contributed by atoms with Crippen molar-refractivity contribution in [3.05, 3.63) is 35.4 Å². The number of nitrogens with zero attached hydrogens (tertiary/aromatic N) is 1. The molecule has 20 heavy (non-hydrogen) atoms. The van der Waals surface area contributed by atoms with Crippen molar-refractivity contribution >= 4 is 21.6 Å². The molecule has 0 saturated carbocycles. The van der Waals surface area contributed by atoms with Crippen LogP contribution in [0.1, 0.15) is 38.8 Å². The standard InChI is InChI=1S/C15H24ClNO2S/c1-12(15(2,3)4)17(5)20(18,19)11-14-8-6-7-13(9-14)10-16/h6-9,12H,10-11H2,1-5H3. The first kappa shape index (κ1) is 17.5. The van der Waals surface area contributed by atoms with Gasteiger partial charge in [0.15, 0.2) is 0 Å². The minimum absolute atomic E-state index is 0.00858. The van der Waals surface area contributed by atoms with Crippen LogP contribution in [0.3, 0.4) is 0 Å². The highest BCUT2D eigenvalue weighted by atomic mass is 35.5. The van der Waals surface area contributed by atoms with Crippen molar-refractivity contribution in [2.24, 2.45) is 5.41 Å². The molecule has 1 atom stereocenters. The van der Waals surface area contributed by atoms with Crippen LogP contribution in [-0.2, 0) is 21.7 Å². The van der Waals surface area contributed by atoms with E-state index in [4.69, 9.17) is 11.6 Å². The van der Waals surface area contributed by atoms with Crippen molar-refractivity contribution in [2.75, 3.05) is 7.05 Å². The van der Waals surface area contributed by atoms with Gasteiger partial charge >= 0.3 is 0 Å². The first-order chi connectivity index (χ1) is 9.08. The summed E-state index contributed by atoms with van der Waals surface area (Å²) in [6, 6.07) is 7.34. The quantitative estimate of drug-likeness (QED) is 0.778. The fraction of sp³-hybridized carbons (Fsp3) is 0.600. The molecule has 0 spiro atoms. The third kappa shape index (κ3) is 4.47. The second-order valence-electron chi connectivity index (χ2n) is 6.27. The number of sulfonamides is 1. The zero-order valence-corrected chi connectivity index (χ0v) is 14.4. The maximum absolute atomic E-state index is 12.5. The third-order valence-corrected chi connectivity index (χ3v) is 5.93. The smallest absolute Gasteiger partial charge is 0.212 e. The lowest BCUT2D eigenvalue weighted by Crippen LogP contribution is -2.43. The molecule has 0 amide bonds. The zero-order chi connectivity index (χ0) is 15.6. The van der Waals surface area contributed by atoms with Crippen LogP contribution < -0.4 is 0 Å². The molecular formula is C15H24ClNO2S. The van der Waals surface area contributed by atoms with Gasteiger partial charge in [-0.25, -0.2) is 12.7 Å². The van der Waals surface area contributed by atoms with Crippen LogP contribution in [0.4, 0.5) is 0 Å². The summed E-state index contributed by atoms with van der Waals surface area (Å²) in [7, 11) is -1.68. The lowest BCUT2D eigenvalue weighted by atomic mass is 9.88. The van der Waals surface area contributed by atoms with Crippen LogP contribution in [0.2, 0.25) is 0 Å².